The molecular weight excluding hydrogens is 452 g/mol. The van der Waals surface area contributed by atoms with Crippen molar-refractivity contribution in [1.82, 2.24) is 14.7 Å². The highest BCUT2D eigenvalue weighted by Crippen LogP contribution is 2.29. The Kier molecular flexibility index (Phi) is 6.60. The van der Waals surface area contributed by atoms with Crippen LogP contribution in [0.15, 0.2) is 42.7 Å². The van der Waals surface area contributed by atoms with Gasteiger partial charge in [-0.25, -0.2) is 9.37 Å². The number of amides is 1. The first kappa shape index (κ1) is 23.7. The Balaban J connectivity index is 1.67. The third kappa shape index (κ3) is 5.39. The van der Waals surface area contributed by atoms with Crippen molar-refractivity contribution in [2.24, 2.45) is 0 Å². The van der Waals surface area contributed by atoms with E-state index in [1.54, 1.807) is 48.0 Å². The molecule has 0 aliphatic heterocycles. The van der Waals surface area contributed by atoms with Crippen molar-refractivity contribution in [2.45, 2.75) is 38.2 Å². The summed E-state index contributed by atoms with van der Waals surface area (Å²) in [5, 5.41) is 14.6. The van der Waals surface area contributed by atoms with Gasteiger partial charge < -0.3 is 15.7 Å². The second kappa shape index (κ2) is 9.46. The molecule has 1 aliphatic rings. The molecule has 180 valence electrons. The number of rotatable bonds is 8. The van der Waals surface area contributed by atoms with Crippen molar-refractivity contribution in [3.63, 3.8) is 0 Å². The topological polar surface area (TPSA) is 78.7 Å². The maximum Gasteiger partial charge on any atom is 0.390 e. The molecule has 34 heavy (non-hydrogen) atoms. The third-order valence-electron chi connectivity index (χ3n) is 5.56. The Morgan fingerprint density at radius 3 is 2.74 bits per heavy atom. The number of aliphatic hydroxyl groups is 1. The number of hydrogen-bond donors (Lipinski definition) is 3. The molecule has 3 aromatic rings. The van der Waals surface area contributed by atoms with Crippen LogP contribution in [-0.4, -0.2) is 51.9 Å². The van der Waals surface area contributed by atoms with Crippen molar-refractivity contribution in [3.05, 3.63) is 59.4 Å². The maximum atomic E-state index is 13.1. The van der Waals surface area contributed by atoms with E-state index in [1.165, 1.54) is 6.08 Å². The smallest absolute Gasteiger partial charge is 0.390 e. The molecule has 6 nitrogen and oxygen atoms in total. The molecular formula is C24H24F4N4O2. The van der Waals surface area contributed by atoms with Gasteiger partial charge in [-0.05, 0) is 36.2 Å². The number of benzene rings is 1. The van der Waals surface area contributed by atoms with Crippen LogP contribution in [0.25, 0.3) is 23.0 Å². The Hall–Kier alpha value is -3.40. The van der Waals surface area contributed by atoms with Crippen molar-refractivity contribution in [2.75, 3.05) is 18.5 Å². The summed E-state index contributed by atoms with van der Waals surface area (Å²) in [5.41, 5.74) is 4.09. The number of aryl methyl sites for hydroxylation is 1. The van der Waals surface area contributed by atoms with Crippen LogP contribution in [0, 0.1) is 6.92 Å². The van der Waals surface area contributed by atoms with Gasteiger partial charge in [0.05, 0.1) is 36.6 Å². The number of aromatic nitrogens is 2. The lowest BCUT2D eigenvalue weighted by atomic mass is 10.0. The number of pyridine rings is 1. The number of nitrogens with zero attached hydrogens (tertiary/aromatic N) is 2. The van der Waals surface area contributed by atoms with Gasteiger partial charge in [0.1, 0.15) is 6.17 Å². The summed E-state index contributed by atoms with van der Waals surface area (Å²) >= 11 is 0. The summed E-state index contributed by atoms with van der Waals surface area (Å²) in [7, 11) is 0. The Labute approximate surface area is 193 Å². The highest BCUT2D eigenvalue weighted by Gasteiger charge is 2.38. The summed E-state index contributed by atoms with van der Waals surface area (Å²) in [4.78, 5) is 16.8. The number of aliphatic hydroxyl groups excluding tert-OH is 1. The van der Waals surface area contributed by atoms with Crippen LogP contribution in [0.4, 0.5) is 23.2 Å². The molecule has 2 atom stereocenters. The summed E-state index contributed by atoms with van der Waals surface area (Å²) in [6, 6.07) is 6.46. The van der Waals surface area contributed by atoms with Gasteiger partial charge in [-0.15, -0.1) is 0 Å². The first-order chi connectivity index (χ1) is 16.2. The standard InChI is InChI=1S/C24H24F4N4O2/c1-14-9-16(4-5-17(14)23(34)31-19-11-18(19)25)21-12-30-22-20(29-7-6-24(26,27)28)10-15(3-2-8-33)13-32(21)22/h2-5,9-10,12-13,18-19,29,33H,6-8,11H2,1H3,(H,31,34)/t18-,19-/m1/s1. The van der Waals surface area contributed by atoms with Gasteiger partial charge in [0.25, 0.3) is 5.91 Å². The lowest BCUT2D eigenvalue weighted by Gasteiger charge is -2.13. The largest absolute Gasteiger partial charge is 0.392 e. The van der Waals surface area contributed by atoms with Gasteiger partial charge in [0.15, 0.2) is 5.65 Å². The number of anilines is 1. The Morgan fingerprint density at radius 2 is 2.09 bits per heavy atom. The summed E-state index contributed by atoms with van der Waals surface area (Å²) in [5.74, 6) is -0.333. The minimum absolute atomic E-state index is 0.182. The molecule has 1 saturated carbocycles. The van der Waals surface area contributed by atoms with Crippen molar-refractivity contribution < 1.29 is 27.5 Å². The summed E-state index contributed by atoms with van der Waals surface area (Å²) in [6.07, 6.45) is 0.625. The number of nitrogens with one attached hydrogen (secondary N) is 2. The van der Waals surface area contributed by atoms with Crippen LogP contribution in [0.1, 0.15) is 34.3 Å². The molecule has 0 bridgehead atoms. The van der Waals surface area contributed by atoms with Crippen LogP contribution >= 0.6 is 0 Å². The number of hydrogen-bond acceptors (Lipinski definition) is 4. The summed E-state index contributed by atoms with van der Waals surface area (Å²) in [6.45, 7) is 1.29. The molecule has 10 heteroatoms. The van der Waals surface area contributed by atoms with E-state index in [2.05, 4.69) is 15.6 Å². The predicted octanol–water partition coefficient (Wildman–Crippen LogP) is 4.52. The van der Waals surface area contributed by atoms with E-state index in [0.717, 1.165) is 5.56 Å². The van der Waals surface area contributed by atoms with E-state index >= 15 is 0 Å². The highest BCUT2D eigenvalue weighted by atomic mass is 19.4. The molecule has 4 rings (SSSR count). The first-order valence-corrected chi connectivity index (χ1v) is 10.8. The van der Waals surface area contributed by atoms with Gasteiger partial charge in [-0.1, -0.05) is 18.2 Å². The minimum atomic E-state index is -4.28. The van der Waals surface area contributed by atoms with Crippen molar-refractivity contribution in [3.8, 4) is 11.3 Å². The van der Waals surface area contributed by atoms with Gasteiger partial charge in [0.2, 0.25) is 0 Å². The molecule has 1 aromatic carbocycles. The second-order valence-corrected chi connectivity index (χ2v) is 8.26. The quantitative estimate of drug-likeness (QED) is 0.418. The lowest BCUT2D eigenvalue weighted by Crippen LogP contribution is -2.27. The molecule has 1 aliphatic carbocycles. The highest BCUT2D eigenvalue weighted by molar-refractivity contribution is 5.96. The molecule has 3 N–H and O–H groups in total. The van der Waals surface area contributed by atoms with Crippen molar-refractivity contribution in [1.29, 1.82) is 0 Å². The Bertz CT molecular complexity index is 1240. The zero-order valence-electron chi connectivity index (χ0n) is 18.4. The molecule has 0 radical (unpaired) electrons. The van der Waals surface area contributed by atoms with Gasteiger partial charge in [-0.3, -0.25) is 9.20 Å². The minimum Gasteiger partial charge on any atom is -0.392 e. The fraction of sp³-hybridized carbons (Fsp3) is 0.333. The maximum absolute atomic E-state index is 13.1. The number of imidazole rings is 1. The molecule has 2 aromatic heterocycles. The Morgan fingerprint density at radius 1 is 1.32 bits per heavy atom. The normalized spacial score (nSPS) is 17.9. The number of carbonyl (C=O) groups excluding carboxylic acids is 1. The van der Waals surface area contributed by atoms with Gasteiger partial charge in [0, 0.05) is 30.3 Å². The van der Waals surface area contributed by atoms with Crippen molar-refractivity contribution >= 4 is 23.3 Å². The fourth-order valence-electron chi connectivity index (χ4n) is 3.71. The lowest BCUT2D eigenvalue weighted by molar-refractivity contribution is -0.131. The van der Waals surface area contributed by atoms with E-state index in [0.29, 0.717) is 40.1 Å². The number of alkyl halides is 4. The molecule has 0 unspecified atom stereocenters. The monoisotopic (exact) mass is 476 g/mol. The van der Waals surface area contributed by atoms with E-state index in [4.69, 9.17) is 5.11 Å². The van der Waals surface area contributed by atoms with Crippen LogP contribution in [0.3, 0.4) is 0 Å². The van der Waals surface area contributed by atoms with E-state index in [9.17, 15) is 22.4 Å². The number of fused-ring (bicyclic) bond motifs is 1. The molecule has 0 saturated heterocycles. The van der Waals surface area contributed by atoms with Gasteiger partial charge >= 0.3 is 6.18 Å². The SMILES string of the molecule is Cc1cc(-c2cnc3c(NCCC(F)(F)F)cc(C=CCO)cn23)ccc1C(=O)N[C@@H]1C[C@H]1F. The van der Waals surface area contributed by atoms with E-state index in [-0.39, 0.29) is 19.1 Å². The van der Waals surface area contributed by atoms with E-state index in [1.807, 2.05) is 6.07 Å². The van der Waals surface area contributed by atoms with Crippen LogP contribution in [0.2, 0.25) is 0 Å². The molecule has 1 fully saturated rings. The predicted molar refractivity (Wildman–Crippen MR) is 121 cm³/mol. The average Bonchev–Trinajstić information content (AvgIpc) is 3.28. The molecule has 0 spiro atoms. The first-order valence-electron chi connectivity index (χ1n) is 10.8. The second-order valence-electron chi connectivity index (χ2n) is 8.26. The third-order valence-corrected chi connectivity index (χ3v) is 5.56. The van der Waals surface area contributed by atoms with Crippen LogP contribution in [-0.2, 0) is 0 Å². The number of halogens is 4. The molecule has 2 heterocycles. The fourth-order valence-corrected chi connectivity index (χ4v) is 3.71. The zero-order chi connectivity index (χ0) is 24.5. The zero-order valence-corrected chi connectivity index (χ0v) is 18.4. The van der Waals surface area contributed by atoms with Crippen LogP contribution in [0.5, 0.6) is 0 Å². The van der Waals surface area contributed by atoms with Crippen LogP contribution < -0.4 is 10.6 Å². The number of carbonyl (C=O) groups is 1. The molecule has 1 amide bonds. The summed E-state index contributed by atoms with van der Waals surface area (Å²) < 4.78 is 52.7. The average molecular weight is 476 g/mol. The van der Waals surface area contributed by atoms with Gasteiger partial charge in [-0.2, -0.15) is 13.2 Å². The van der Waals surface area contributed by atoms with E-state index < -0.39 is 24.8 Å².